The highest BCUT2D eigenvalue weighted by molar-refractivity contribution is 7.99. The molecule has 28 heavy (non-hydrogen) atoms. The quantitative estimate of drug-likeness (QED) is 0.645. The SMILES string of the molecule is NC1(CO)CCc2cc(Sc3cccc(OCc4ccccc4)c3)ccc2C1. The van der Waals surface area contributed by atoms with Crippen LogP contribution in [-0.4, -0.2) is 17.3 Å². The number of hydrogen-bond acceptors (Lipinski definition) is 4. The van der Waals surface area contributed by atoms with Crippen molar-refractivity contribution in [3.63, 3.8) is 0 Å². The molecule has 4 rings (SSSR count). The Kier molecular flexibility index (Phi) is 5.72. The normalized spacial score (nSPS) is 18.5. The average Bonchev–Trinajstić information content (AvgIpc) is 2.73. The number of fused-ring (bicyclic) bond motifs is 1. The Morgan fingerprint density at radius 1 is 0.929 bits per heavy atom. The maximum atomic E-state index is 9.53. The molecule has 3 N–H and O–H groups in total. The minimum absolute atomic E-state index is 0.0404. The smallest absolute Gasteiger partial charge is 0.120 e. The summed E-state index contributed by atoms with van der Waals surface area (Å²) in [7, 11) is 0. The van der Waals surface area contributed by atoms with Gasteiger partial charge in [0.25, 0.3) is 0 Å². The summed E-state index contributed by atoms with van der Waals surface area (Å²) in [6.45, 7) is 0.609. The van der Waals surface area contributed by atoms with Gasteiger partial charge in [0.15, 0.2) is 0 Å². The van der Waals surface area contributed by atoms with Crippen molar-refractivity contribution in [3.8, 4) is 5.75 Å². The maximum Gasteiger partial charge on any atom is 0.120 e. The first-order chi connectivity index (χ1) is 13.6. The fourth-order valence-corrected chi connectivity index (χ4v) is 4.49. The van der Waals surface area contributed by atoms with Crippen LogP contribution in [0.1, 0.15) is 23.1 Å². The van der Waals surface area contributed by atoms with E-state index < -0.39 is 5.54 Å². The van der Waals surface area contributed by atoms with Crippen LogP contribution in [0.5, 0.6) is 5.75 Å². The standard InChI is InChI=1S/C24H25NO2S/c25-24(17-26)12-11-19-13-23(10-9-20(19)15-24)28-22-8-4-7-21(14-22)27-16-18-5-2-1-3-6-18/h1-10,13-14,26H,11-12,15-17,25H2. The lowest BCUT2D eigenvalue weighted by Crippen LogP contribution is -2.48. The summed E-state index contributed by atoms with van der Waals surface area (Å²) in [5, 5.41) is 9.53. The van der Waals surface area contributed by atoms with Crippen molar-refractivity contribution in [3.05, 3.63) is 89.5 Å². The van der Waals surface area contributed by atoms with E-state index in [1.807, 2.05) is 30.3 Å². The number of aryl methyl sites for hydroxylation is 1. The van der Waals surface area contributed by atoms with Gasteiger partial charge in [0.2, 0.25) is 0 Å². The molecule has 0 saturated carbocycles. The summed E-state index contributed by atoms with van der Waals surface area (Å²) in [6.07, 6.45) is 2.49. The van der Waals surface area contributed by atoms with Gasteiger partial charge < -0.3 is 15.6 Å². The molecule has 1 aliphatic rings. The highest BCUT2D eigenvalue weighted by Gasteiger charge is 2.29. The Hall–Kier alpha value is -2.27. The van der Waals surface area contributed by atoms with Gasteiger partial charge in [-0.15, -0.1) is 0 Å². The van der Waals surface area contributed by atoms with Crippen LogP contribution in [0, 0.1) is 0 Å². The van der Waals surface area contributed by atoms with Gasteiger partial charge in [-0.25, -0.2) is 0 Å². The van der Waals surface area contributed by atoms with E-state index in [1.165, 1.54) is 16.0 Å². The first-order valence-electron chi connectivity index (χ1n) is 9.60. The van der Waals surface area contributed by atoms with E-state index in [2.05, 4.69) is 42.5 Å². The Morgan fingerprint density at radius 3 is 2.57 bits per heavy atom. The minimum atomic E-state index is -0.466. The van der Waals surface area contributed by atoms with Gasteiger partial charge in [0.05, 0.1) is 6.61 Å². The summed E-state index contributed by atoms with van der Waals surface area (Å²) in [4.78, 5) is 2.37. The molecule has 0 aliphatic heterocycles. The minimum Gasteiger partial charge on any atom is -0.489 e. The number of aliphatic hydroxyl groups is 1. The molecule has 0 bridgehead atoms. The Labute approximate surface area is 170 Å². The molecule has 144 valence electrons. The average molecular weight is 392 g/mol. The molecule has 3 aromatic rings. The van der Waals surface area contributed by atoms with Crippen LogP contribution in [0.25, 0.3) is 0 Å². The topological polar surface area (TPSA) is 55.5 Å². The molecule has 0 spiro atoms. The predicted octanol–water partition coefficient (Wildman–Crippen LogP) is 4.60. The zero-order valence-electron chi connectivity index (χ0n) is 15.8. The lowest BCUT2D eigenvalue weighted by Gasteiger charge is -2.33. The fourth-order valence-electron chi connectivity index (χ4n) is 3.56. The number of ether oxygens (including phenoxy) is 1. The third-order valence-electron chi connectivity index (χ3n) is 5.22. The number of hydrogen-bond donors (Lipinski definition) is 2. The van der Waals surface area contributed by atoms with Crippen molar-refractivity contribution in [1.29, 1.82) is 0 Å². The van der Waals surface area contributed by atoms with Crippen LogP contribution < -0.4 is 10.5 Å². The summed E-state index contributed by atoms with van der Waals surface area (Å²) < 4.78 is 5.95. The van der Waals surface area contributed by atoms with Gasteiger partial charge in [-0.1, -0.05) is 54.2 Å². The maximum absolute atomic E-state index is 9.53. The molecule has 1 aliphatic carbocycles. The van der Waals surface area contributed by atoms with E-state index in [0.29, 0.717) is 6.61 Å². The van der Waals surface area contributed by atoms with Crippen molar-refractivity contribution in [2.24, 2.45) is 5.73 Å². The van der Waals surface area contributed by atoms with E-state index in [1.54, 1.807) is 11.8 Å². The number of aliphatic hydroxyl groups excluding tert-OH is 1. The van der Waals surface area contributed by atoms with Gasteiger partial charge in [-0.2, -0.15) is 0 Å². The zero-order chi connectivity index (χ0) is 19.4. The van der Waals surface area contributed by atoms with E-state index in [-0.39, 0.29) is 6.61 Å². The second-order valence-electron chi connectivity index (χ2n) is 7.48. The molecule has 3 aromatic carbocycles. The Morgan fingerprint density at radius 2 is 1.75 bits per heavy atom. The molecular formula is C24H25NO2S. The third-order valence-corrected chi connectivity index (χ3v) is 6.20. The van der Waals surface area contributed by atoms with Crippen LogP contribution in [0.2, 0.25) is 0 Å². The van der Waals surface area contributed by atoms with Gasteiger partial charge in [-0.3, -0.25) is 0 Å². The lowest BCUT2D eigenvalue weighted by molar-refractivity contribution is 0.181. The van der Waals surface area contributed by atoms with Crippen LogP contribution in [0.15, 0.2) is 82.6 Å². The summed E-state index contributed by atoms with van der Waals surface area (Å²) in [6, 6.07) is 25.0. The first kappa shape index (κ1) is 19.1. The van der Waals surface area contributed by atoms with E-state index in [4.69, 9.17) is 10.5 Å². The van der Waals surface area contributed by atoms with Crippen molar-refractivity contribution in [2.45, 2.75) is 41.2 Å². The van der Waals surface area contributed by atoms with Crippen molar-refractivity contribution < 1.29 is 9.84 Å². The number of rotatable bonds is 6. The van der Waals surface area contributed by atoms with Crippen molar-refractivity contribution in [2.75, 3.05) is 6.61 Å². The summed E-state index contributed by atoms with van der Waals surface area (Å²) in [5.74, 6) is 0.877. The van der Waals surface area contributed by atoms with Crippen LogP contribution in [0.4, 0.5) is 0 Å². The van der Waals surface area contributed by atoms with Gasteiger partial charge in [-0.05, 0) is 66.3 Å². The van der Waals surface area contributed by atoms with Crippen molar-refractivity contribution >= 4 is 11.8 Å². The molecule has 0 radical (unpaired) electrons. The highest BCUT2D eigenvalue weighted by atomic mass is 32.2. The van der Waals surface area contributed by atoms with E-state index in [9.17, 15) is 5.11 Å². The monoisotopic (exact) mass is 391 g/mol. The third kappa shape index (κ3) is 4.58. The first-order valence-corrected chi connectivity index (χ1v) is 10.4. The molecule has 3 nitrogen and oxygen atoms in total. The molecule has 4 heteroatoms. The molecule has 0 heterocycles. The molecule has 0 aromatic heterocycles. The van der Waals surface area contributed by atoms with Gasteiger partial charge in [0, 0.05) is 15.3 Å². The Balaban J connectivity index is 1.43. The number of benzene rings is 3. The second kappa shape index (κ2) is 8.39. The summed E-state index contributed by atoms with van der Waals surface area (Å²) >= 11 is 1.74. The molecule has 1 unspecified atom stereocenters. The van der Waals surface area contributed by atoms with E-state index >= 15 is 0 Å². The van der Waals surface area contributed by atoms with E-state index in [0.717, 1.165) is 35.5 Å². The molecular weight excluding hydrogens is 366 g/mol. The highest BCUT2D eigenvalue weighted by Crippen LogP contribution is 2.34. The molecule has 0 fully saturated rings. The molecule has 0 amide bonds. The second-order valence-corrected chi connectivity index (χ2v) is 8.63. The van der Waals surface area contributed by atoms with Crippen LogP contribution in [0.3, 0.4) is 0 Å². The molecule has 1 atom stereocenters. The van der Waals surface area contributed by atoms with Crippen molar-refractivity contribution in [1.82, 2.24) is 0 Å². The predicted molar refractivity (Wildman–Crippen MR) is 114 cm³/mol. The Bertz CT molecular complexity index is 944. The fraction of sp³-hybridized carbons (Fsp3) is 0.250. The van der Waals surface area contributed by atoms with Crippen LogP contribution >= 0.6 is 11.8 Å². The van der Waals surface area contributed by atoms with Gasteiger partial charge >= 0.3 is 0 Å². The largest absolute Gasteiger partial charge is 0.489 e. The lowest BCUT2D eigenvalue weighted by atomic mass is 9.79. The summed E-state index contributed by atoms with van der Waals surface area (Å²) in [5.41, 5.74) is 9.55. The number of nitrogens with two attached hydrogens (primary N) is 1. The van der Waals surface area contributed by atoms with Crippen LogP contribution in [-0.2, 0) is 19.4 Å². The van der Waals surface area contributed by atoms with Gasteiger partial charge in [0.1, 0.15) is 12.4 Å². The molecule has 0 saturated heterocycles. The zero-order valence-corrected chi connectivity index (χ0v) is 16.6.